The van der Waals surface area contributed by atoms with E-state index in [0.717, 1.165) is 12.0 Å². The Hall–Kier alpha value is -2.48. The van der Waals surface area contributed by atoms with Gasteiger partial charge in [0.05, 0.1) is 17.8 Å². The van der Waals surface area contributed by atoms with Crippen LogP contribution in [-0.4, -0.2) is 43.0 Å². The van der Waals surface area contributed by atoms with Gasteiger partial charge in [0.25, 0.3) is 0 Å². The van der Waals surface area contributed by atoms with Gasteiger partial charge in [0.15, 0.2) is 5.75 Å². The number of hydrogen-bond donors (Lipinski definition) is 0. The minimum atomic E-state index is -0.827. The fourth-order valence-electron chi connectivity index (χ4n) is 3.04. The van der Waals surface area contributed by atoms with Gasteiger partial charge in [-0.3, -0.25) is 4.98 Å². The molecule has 0 aromatic carbocycles. The molecule has 0 spiro atoms. The first kappa shape index (κ1) is 21.2. The third-order valence-electron chi connectivity index (χ3n) is 4.29. The smallest absolute Gasteiger partial charge is 0.351 e. The summed E-state index contributed by atoms with van der Waals surface area (Å²) in [7, 11) is 0. The van der Waals surface area contributed by atoms with Gasteiger partial charge in [-0.2, -0.15) is 0 Å². The summed E-state index contributed by atoms with van der Waals surface area (Å²) in [6.07, 6.45) is 8.56. The van der Waals surface area contributed by atoms with Crippen LogP contribution in [0.25, 0.3) is 0 Å². The van der Waals surface area contributed by atoms with E-state index in [9.17, 15) is 9.59 Å². The molecule has 8 heteroatoms. The van der Waals surface area contributed by atoms with Crippen LogP contribution >= 0.6 is 11.6 Å². The Morgan fingerprint density at radius 2 is 2.10 bits per heavy atom. The van der Waals surface area contributed by atoms with E-state index in [1.165, 1.54) is 24.5 Å². The highest BCUT2D eigenvalue weighted by atomic mass is 35.5. The van der Waals surface area contributed by atoms with Crippen molar-refractivity contribution in [3.63, 3.8) is 0 Å². The van der Waals surface area contributed by atoms with Crippen LogP contribution in [0, 0.1) is 5.92 Å². The Balaban J connectivity index is 1.71. The number of esters is 2. The number of carbonyl (C=O) groups excluding carboxylic acids is 2. The van der Waals surface area contributed by atoms with E-state index in [0.29, 0.717) is 23.8 Å². The molecule has 1 aromatic rings. The number of fused-ring (bicyclic) bond motifs is 1. The fraction of sp³-hybridized carbons (Fsp3) is 0.381. The van der Waals surface area contributed by atoms with Crippen LogP contribution in [-0.2, 0) is 23.8 Å². The molecule has 154 valence electrons. The molecule has 1 aliphatic heterocycles. The maximum atomic E-state index is 12.5. The van der Waals surface area contributed by atoms with Crippen molar-refractivity contribution in [3.8, 4) is 5.75 Å². The SMILES string of the molecule is CCCOCOCC1=CC(C)C2OC(=O)C(C(=O)Oc3cncc(Cl)c3)=CC2=C1. The van der Waals surface area contributed by atoms with Crippen LogP contribution < -0.4 is 4.74 Å². The van der Waals surface area contributed by atoms with Gasteiger partial charge in [0.1, 0.15) is 18.5 Å². The average molecular weight is 420 g/mol. The zero-order valence-electron chi connectivity index (χ0n) is 16.2. The summed E-state index contributed by atoms with van der Waals surface area (Å²) in [5.74, 6) is -1.46. The number of pyridine rings is 1. The summed E-state index contributed by atoms with van der Waals surface area (Å²) in [6, 6.07) is 1.44. The number of halogens is 1. The van der Waals surface area contributed by atoms with E-state index in [1.807, 2.05) is 26.0 Å². The van der Waals surface area contributed by atoms with Gasteiger partial charge in [0.2, 0.25) is 0 Å². The number of nitrogens with zero attached hydrogens (tertiary/aromatic N) is 1. The molecular weight excluding hydrogens is 398 g/mol. The molecule has 0 fully saturated rings. The Kier molecular flexibility index (Phi) is 7.19. The van der Waals surface area contributed by atoms with Gasteiger partial charge in [-0.15, -0.1) is 0 Å². The van der Waals surface area contributed by atoms with Crippen molar-refractivity contribution in [2.45, 2.75) is 26.4 Å². The minimum absolute atomic E-state index is 0.0555. The Labute approximate surface area is 173 Å². The quantitative estimate of drug-likeness (QED) is 0.276. The van der Waals surface area contributed by atoms with Crippen LogP contribution in [0.3, 0.4) is 0 Å². The second-order valence-electron chi connectivity index (χ2n) is 6.73. The minimum Gasteiger partial charge on any atom is -0.453 e. The molecule has 7 nitrogen and oxygen atoms in total. The van der Waals surface area contributed by atoms with E-state index >= 15 is 0 Å². The monoisotopic (exact) mass is 419 g/mol. The first-order valence-electron chi connectivity index (χ1n) is 9.31. The molecule has 2 unspecified atom stereocenters. The lowest BCUT2D eigenvalue weighted by Crippen LogP contribution is -2.35. The van der Waals surface area contributed by atoms with Gasteiger partial charge in [-0.25, -0.2) is 9.59 Å². The van der Waals surface area contributed by atoms with Crippen molar-refractivity contribution in [1.82, 2.24) is 4.98 Å². The predicted molar refractivity (Wildman–Crippen MR) is 105 cm³/mol. The molecule has 3 rings (SSSR count). The number of rotatable bonds is 8. The molecule has 0 saturated heterocycles. The maximum absolute atomic E-state index is 12.5. The highest BCUT2D eigenvalue weighted by Gasteiger charge is 2.36. The van der Waals surface area contributed by atoms with Crippen LogP contribution in [0.5, 0.6) is 5.75 Å². The van der Waals surface area contributed by atoms with E-state index in [2.05, 4.69) is 4.98 Å². The van der Waals surface area contributed by atoms with Crippen LogP contribution in [0.4, 0.5) is 0 Å². The molecule has 1 aromatic heterocycles. The van der Waals surface area contributed by atoms with Gasteiger partial charge in [0, 0.05) is 24.8 Å². The third kappa shape index (κ3) is 5.53. The highest BCUT2D eigenvalue weighted by molar-refractivity contribution is 6.30. The van der Waals surface area contributed by atoms with Gasteiger partial charge in [-0.05, 0) is 23.6 Å². The predicted octanol–water partition coefficient (Wildman–Crippen LogP) is 3.40. The van der Waals surface area contributed by atoms with Gasteiger partial charge in [-0.1, -0.05) is 37.6 Å². The van der Waals surface area contributed by atoms with Crippen molar-refractivity contribution in [2.75, 3.05) is 20.0 Å². The maximum Gasteiger partial charge on any atom is 0.351 e. The molecule has 1 aliphatic carbocycles. The number of ether oxygens (including phenoxy) is 4. The lowest BCUT2D eigenvalue weighted by molar-refractivity contribution is -0.148. The summed E-state index contributed by atoms with van der Waals surface area (Å²) in [5, 5.41) is 0.317. The van der Waals surface area contributed by atoms with Gasteiger partial charge >= 0.3 is 11.9 Å². The summed E-state index contributed by atoms with van der Waals surface area (Å²) < 4.78 is 21.5. The number of carbonyl (C=O) groups is 2. The van der Waals surface area contributed by atoms with E-state index in [4.69, 9.17) is 30.5 Å². The molecule has 0 radical (unpaired) electrons. The fourth-order valence-corrected chi connectivity index (χ4v) is 3.20. The molecule has 0 amide bonds. The van der Waals surface area contributed by atoms with E-state index in [-0.39, 0.29) is 24.0 Å². The van der Waals surface area contributed by atoms with Crippen molar-refractivity contribution >= 4 is 23.5 Å². The Morgan fingerprint density at radius 3 is 2.86 bits per heavy atom. The lowest BCUT2D eigenvalue weighted by atomic mass is 9.86. The molecule has 2 aliphatic rings. The molecular formula is C21H22ClNO6. The zero-order chi connectivity index (χ0) is 20.8. The van der Waals surface area contributed by atoms with Gasteiger partial charge < -0.3 is 18.9 Å². The van der Waals surface area contributed by atoms with Crippen LogP contribution in [0.2, 0.25) is 5.02 Å². The molecule has 0 N–H and O–H groups in total. The number of hydrogen-bond acceptors (Lipinski definition) is 7. The molecule has 29 heavy (non-hydrogen) atoms. The largest absolute Gasteiger partial charge is 0.453 e. The molecule has 2 heterocycles. The zero-order valence-corrected chi connectivity index (χ0v) is 17.0. The van der Waals surface area contributed by atoms with Crippen molar-refractivity contribution in [1.29, 1.82) is 0 Å². The average Bonchev–Trinajstić information content (AvgIpc) is 2.68. The summed E-state index contributed by atoms with van der Waals surface area (Å²) >= 11 is 5.84. The van der Waals surface area contributed by atoms with Crippen molar-refractivity contribution in [2.24, 2.45) is 5.92 Å². The standard InChI is InChI=1S/C21H22ClNO6/c1-3-4-26-12-27-11-14-5-13(2)19-15(6-14)7-18(21(25)29-19)20(24)28-17-8-16(22)9-23-10-17/h5-10,13,19H,3-4,11-12H2,1-2H3. The molecule has 0 bridgehead atoms. The normalized spacial score (nSPS) is 20.8. The second-order valence-corrected chi connectivity index (χ2v) is 7.17. The summed E-state index contributed by atoms with van der Waals surface area (Å²) in [6.45, 7) is 5.18. The molecule has 0 saturated carbocycles. The first-order chi connectivity index (χ1) is 14.0. The lowest BCUT2D eigenvalue weighted by Gasteiger charge is -2.31. The Bertz CT molecular complexity index is 876. The highest BCUT2D eigenvalue weighted by Crippen LogP contribution is 2.32. The Morgan fingerprint density at radius 1 is 1.28 bits per heavy atom. The van der Waals surface area contributed by atoms with E-state index in [1.54, 1.807) is 0 Å². The first-order valence-corrected chi connectivity index (χ1v) is 9.69. The number of aromatic nitrogens is 1. The third-order valence-corrected chi connectivity index (χ3v) is 4.50. The van der Waals surface area contributed by atoms with Crippen molar-refractivity contribution < 1.29 is 28.5 Å². The van der Waals surface area contributed by atoms with Crippen molar-refractivity contribution in [3.05, 3.63) is 58.4 Å². The summed E-state index contributed by atoms with van der Waals surface area (Å²) in [4.78, 5) is 28.6. The topological polar surface area (TPSA) is 84.0 Å². The second kappa shape index (κ2) is 9.82. The van der Waals surface area contributed by atoms with Crippen LogP contribution in [0.1, 0.15) is 20.3 Å². The van der Waals surface area contributed by atoms with E-state index < -0.39 is 18.0 Å². The summed E-state index contributed by atoms with van der Waals surface area (Å²) in [5.41, 5.74) is 1.45. The molecule has 2 atom stereocenters. The van der Waals surface area contributed by atoms with Crippen LogP contribution in [0.15, 0.2) is 53.4 Å².